The van der Waals surface area contributed by atoms with E-state index in [0.717, 1.165) is 0 Å². The smallest absolute Gasteiger partial charge is 0.261 e. The first kappa shape index (κ1) is 21.5. The fraction of sp³-hybridized carbons (Fsp3) is 0.350. The number of pyridine rings is 1. The van der Waals surface area contributed by atoms with Crippen LogP contribution in [0.4, 0.5) is 11.5 Å². The second-order valence-electron chi connectivity index (χ2n) is 8.20. The minimum absolute atomic E-state index is 0.0522. The van der Waals surface area contributed by atoms with Gasteiger partial charge in [0.05, 0.1) is 28.9 Å². The minimum Gasteiger partial charge on any atom is -0.338 e. The van der Waals surface area contributed by atoms with Crippen molar-refractivity contribution in [3.63, 3.8) is 0 Å². The predicted molar refractivity (Wildman–Crippen MR) is 115 cm³/mol. The summed E-state index contributed by atoms with van der Waals surface area (Å²) in [5.41, 5.74) is 0.906. The number of nitrogens with two attached hydrogens (primary N) is 1. The Morgan fingerprint density at radius 3 is 2.63 bits per heavy atom. The molecule has 0 spiro atoms. The van der Waals surface area contributed by atoms with Crippen LogP contribution in [0.1, 0.15) is 45.7 Å². The number of H-pyrrole nitrogens is 1. The highest BCUT2D eigenvalue weighted by molar-refractivity contribution is 7.89. The van der Waals surface area contributed by atoms with Crippen LogP contribution in [0.15, 0.2) is 40.2 Å². The van der Waals surface area contributed by atoms with Gasteiger partial charge in [0, 0.05) is 11.9 Å². The van der Waals surface area contributed by atoms with E-state index in [2.05, 4.69) is 21.5 Å². The highest BCUT2D eigenvalue weighted by Gasteiger charge is 2.25. The second kappa shape index (κ2) is 7.59. The molecule has 1 unspecified atom stereocenters. The molecular formula is C20H24N6O3S. The predicted octanol–water partition coefficient (Wildman–Crippen LogP) is 2.89. The molecule has 1 aromatic carbocycles. The number of rotatable bonds is 5. The van der Waals surface area contributed by atoms with Crippen molar-refractivity contribution in [2.75, 3.05) is 5.32 Å². The van der Waals surface area contributed by atoms with E-state index in [1.54, 1.807) is 22.9 Å². The molecule has 0 radical (unpaired) electrons. The Labute approximate surface area is 174 Å². The molecule has 0 aliphatic rings. The lowest BCUT2D eigenvalue weighted by Gasteiger charge is -2.23. The third-order valence-corrected chi connectivity index (χ3v) is 5.76. The average Bonchev–Trinajstić information content (AvgIpc) is 3.00. The Bertz CT molecular complexity index is 1310. The van der Waals surface area contributed by atoms with Crippen molar-refractivity contribution in [1.29, 1.82) is 5.26 Å². The zero-order valence-corrected chi connectivity index (χ0v) is 18.0. The molecule has 30 heavy (non-hydrogen) atoms. The Hall–Kier alpha value is -3.16. The maximum atomic E-state index is 12.5. The molecule has 0 saturated carbocycles. The van der Waals surface area contributed by atoms with Gasteiger partial charge in [-0.05, 0) is 42.2 Å². The van der Waals surface area contributed by atoms with Gasteiger partial charge in [-0.1, -0.05) is 20.8 Å². The molecular weight excluding hydrogens is 404 g/mol. The lowest BCUT2D eigenvalue weighted by atomic mass is 9.87. The topological polar surface area (TPSA) is 147 Å². The third kappa shape index (κ3) is 4.08. The van der Waals surface area contributed by atoms with E-state index >= 15 is 0 Å². The molecule has 1 atom stereocenters. The summed E-state index contributed by atoms with van der Waals surface area (Å²) in [6.07, 6.45) is 1.77. The van der Waals surface area contributed by atoms with Gasteiger partial charge < -0.3 is 10.3 Å². The molecule has 0 amide bonds. The van der Waals surface area contributed by atoms with Crippen LogP contribution in [-0.2, 0) is 15.4 Å². The number of aromatic nitrogens is 3. The van der Waals surface area contributed by atoms with Crippen LogP contribution < -0.4 is 16.0 Å². The zero-order chi connectivity index (χ0) is 22.3. The molecule has 0 aliphatic heterocycles. The van der Waals surface area contributed by atoms with Crippen LogP contribution in [0.25, 0.3) is 10.9 Å². The van der Waals surface area contributed by atoms with Crippen LogP contribution >= 0.6 is 0 Å². The number of aromatic amines is 1. The first-order valence-electron chi connectivity index (χ1n) is 9.34. The second-order valence-corrected chi connectivity index (χ2v) is 9.73. The van der Waals surface area contributed by atoms with Gasteiger partial charge in [0.2, 0.25) is 10.0 Å². The largest absolute Gasteiger partial charge is 0.338 e. The number of benzene rings is 1. The highest BCUT2D eigenvalue weighted by atomic mass is 32.2. The summed E-state index contributed by atoms with van der Waals surface area (Å²) in [5.74, 6) is 0.319. The van der Waals surface area contributed by atoms with E-state index in [-0.39, 0.29) is 22.9 Å². The number of hydrogen-bond acceptors (Lipinski definition) is 6. The van der Waals surface area contributed by atoms with E-state index < -0.39 is 15.4 Å². The summed E-state index contributed by atoms with van der Waals surface area (Å²) in [6, 6.07) is 8.33. The average molecular weight is 429 g/mol. The molecule has 3 rings (SSSR count). The number of fused-ring (bicyclic) bond motifs is 1. The minimum atomic E-state index is -3.89. The van der Waals surface area contributed by atoms with Crippen LogP contribution in [0.2, 0.25) is 0 Å². The standard InChI is InChI=1S/C20H24N6O3S/c1-12(7-9-21)26-15-8-10-23-19(27)17(15)18(25-26)24-13-5-6-16(30(22,28)29)14(11-13)20(2,3)4/h5-6,8,10-12H,7H2,1-4H3,(H,23,27)(H,24,25)(H2,22,28,29). The Balaban J connectivity index is 2.16. The molecule has 3 aromatic rings. The van der Waals surface area contributed by atoms with Crippen molar-refractivity contribution in [2.45, 2.75) is 50.5 Å². The van der Waals surface area contributed by atoms with Crippen molar-refractivity contribution < 1.29 is 8.42 Å². The number of hydrogen-bond donors (Lipinski definition) is 3. The molecule has 0 fully saturated rings. The molecule has 158 valence electrons. The van der Waals surface area contributed by atoms with Gasteiger partial charge in [0.1, 0.15) is 5.39 Å². The van der Waals surface area contributed by atoms with Crippen LogP contribution in [0, 0.1) is 11.3 Å². The summed E-state index contributed by atoms with van der Waals surface area (Å²) in [5, 5.41) is 22.4. The Morgan fingerprint density at radius 2 is 2.03 bits per heavy atom. The van der Waals surface area contributed by atoms with Gasteiger partial charge >= 0.3 is 0 Å². The van der Waals surface area contributed by atoms with E-state index in [1.807, 2.05) is 27.7 Å². The molecule has 2 aromatic heterocycles. The van der Waals surface area contributed by atoms with Crippen LogP contribution in [0.3, 0.4) is 0 Å². The van der Waals surface area contributed by atoms with Crippen molar-refractivity contribution in [2.24, 2.45) is 5.14 Å². The summed E-state index contributed by atoms with van der Waals surface area (Å²) in [4.78, 5) is 15.2. The molecule has 0 bridgehead atoms. The van der Waals surface area contributed by atoms with Gasteiger partial charge in [-0.2, -0.15) is 10.4 Å². The van der Waals surface area contributed by atoms with Gasteiger partial charge in [-0.15, -0.1) is 0 Å². The van der Waals surface area contributed by atoms with Crippen molar-refractivity contribution in [3.05, 3.63) is 46.4 Å². The van der Waals surface area contributed by atoms with Crippen LogP contribution in [-0.4, -0.2) is 23.2 Å². The monoisotopic (exact) mass is 428 g/mol. The van der Waals surface area contributed by atoms with Gasteiger partial charge in [-0.3, -0.25) is 9.48 Å². The number of nitriles is 1. The van der Waals surface area contributed by atoms with Gasteiger partial charge in [0.15, 0.2) is 5.82 Å². The summed E-state index contributed by atoms with van der Waals surface area (Å²) < 4.78 is 25.6. The SMILES string of the molecule is CC(CC#N)n1nc(Nc2ccc(S(N)(=O)=O)c(C(C)(C)C)c2)c2c(=O)[nH]ccc21. The maximum absolute atomic E-state index is 12.5. The number of anilines is 2. The fourth-order valence-corrected chi connectivity index (χ4v) is 4.25. The molecule has 0 saturated heterocycles. The third-order valence-electron chi connectivity index (χ3n) is 4.79. The molecule has 4 N–H and O–H groups in total. The summed E-state index contributed by atoms with van der Waals surface area (Å²) >= 11 is 0. The highest BCUT2D eigenvalue weighted by Crippen LogP contribution is 2.33. The Kier molecular flexibility index (Phi) is 5.45. The van der Waals surface area contributed by atoms with Crippen molar-refractivity contribution >= 4 is 32.4 Å². The molecule has 10 heteroatoms. The lowest BCUT2D eigenvalue weighted by molar-refractivity contribution is 0.518. The fourth-order valence-electron chi connectivity index (χ4n) is 3.32. The normalized spacial score (nSPS) is 13.2. The molecule has 9 nitrogen and oxygen atoms in total. The van der Waals surface area contributed by atoms with E-state index in [1.165, 1.54) is 12.3 Å². The van der Waals surface area contributed by atoms with E-state index in [0.29, 0.717) is 28.0 Å². The van der Waals surface area contributed by atoms with Gasteiger partial charge in [-0.25, -0.2) is 13.6 Å². The number of sulfonamides is 1. The quantitative estimate of drug-likeness (QED) is 0.569. The number of nitrogens with zero attached hydrogens (tertiary/aromatic N) is 3. The van der Waals surface area contributed by atoms with Crippen LogP contribution in [0.5, 0.6) is 0 Å². The lowest BCUT2D eigenvalue weighted by Crippen LogP contribution is -2.21. The van der Waals surface area contributed by atoms with Crippen molar-refractivity contribution in [3.8, 4) is 6.07 Å². The molecule has 2 heterocycles. The first-order chi connectivity index (χ1) is 13.9. The Morgan fingerprint density at radius 1 is 1.33 bits per heavy atom. The number of nitrogens with one attached hydrogen (secondary N) is 2. The van der Waals surface area contributed by atoms with E-state index in [9.17, 15) is 13.2 Å². The zero-order valence-electron chi connectivity index (χ0n) is 17.2. The van der Waals surface area contributed by atoms with Crippen molar-refractivity contribution in [1.82, 2.24) is 14.8 Å². The van der Waals surface area contributed by atoms with Gasteiger partial charge in [0.25, 0.3) is 5.56 Å². The first-order valence-corrected chi connectivity index (χ1v) is 10.9. The molecule has 0 aliphatic carbocycles. The van der Waals surface area contributed by atoms with E-state index in [4.69, 9.17) is 10.4 Å². The number of primary sulfonamides is 1. The summed E-state index contributed by atoms with van der Waals surface area (Å²) in [7, 11) is -3.89. The summed E-state index contributed by atoms with van der Waals surface area (Å²) in [6.45, 7) is 7.51. The maximum Gasteiger partial charge on any atom is 0.261 e.